The zero-order chi connectivity index (χ0) is 20.2. The molecule has 5 heteroatoms. The van der Waals surface area contributed by atoms with E-state index in [1.807, 2.05) is 53.4 Å². The van der Waals surface area contributed by atoms with E-state index >= 15 is 0 Å². The number of nitrogens with zero attached hydrogens (tertiary/aromatic N) is 1. The highest BCUT2D eigenvalue weighted by Crippen LogP contribution is 2.31. The van der Waals surface area contributed by atoms with Gasteiger partial charge in [-0.25, -0.2) is 0 Å². The van der Waals surface area contributed by atoms with E-state index in [-0.39, 0.29) is 11.8 Å². The number of hydrogen-bond donors (Lipinski definition) is 1. The van der Waals surface area contributed by atoms with E-state index in [2.05, 4.69) is 5.32 Å². The predicted molar refractivity (Wildman–Crippen MR) is 113 cm³/mol. The molecule has 0 unspecified atom stereocenters. The minimum absolute atomic E-state index is 0.122. The summed E-state index contributed by atoms with van der Waals surface area (Å²) in [7, 11) is 1.59. The van der Waals surface area contributed by atoms with Crippen LogP contribution in [-0.4, -0.2) is 18.9 Å². The minimum atomic E-state index is -0.180. The van der Waals surface area contributed by atoms with Crippen LogP contribution < -0.4 is 15.0 Å². The summed E-state index contributed by atoms with van der Waals surface area (Å²) in [5, 5.41) is 2.94. The molecule has 1 aliphatic rings. The van der Waals surface area contributed by atoms with Crippen LogP contribution in [0.25, 0.3) is 0 Å². The second-order valence-corrected chi connectivity index (χ2v) is 6.99. The third kappa shape index (κ3) is 4.14. The minimum Gasteiger partial charge on any atom is -0.497 e. The van der Waals surface area contributed by atoms with Gasteiger partial charge in [-0.3, -0.25) is 9.59 Å². The standard InChI is InChI=1S/C24H22N2O3/c1-29-21-11-7-18(8-12-21)24(28)25-20-10-13-22-19(15-20)9-14-23(27)26(22)16-17-5-3-2-4-6-17/h2-8,10-13,15H,9,14,16H2,1H3,(H,25,28). The fraction of sp³-hybridized carbons (Fsp3) is 0.167. The zero-order valence-corrected chi connectivity index (χ0v) is 16.2. The fourth-order valence-electron chi connectivity index (χ4n) is 3.52. The van der Waals surface area contributed by atoms with Crippen molar-refractivity contribution in [2.75, 3.05) is 17.3 Å². The number of carbonyl (C=O) groups is 2. The first-order valence-corrected chi connectivity index (χ1v) is 9.56. The summed E-state index contributed by atoms with van der Waals surface area (Å²) in [6.07, 6.45) is 1.14. The van der Waals surface area contributed by atoms with Gasteiger partial charge in [0.25, 0.3) is 5.91 Å². The monoisotopic (exact) mass is 386 g/mol. The summed E-state index contributed by atoms with van der Waals surface area (Å²) >= 11 is 0. The Bertz CT molecular complexity index is 1030. The molecule has 1 N–H and O–H groups in total. The molecule has 4 rings (SSSR count). The van der Waals surface area contributed by atoms with Crippen molar-refractivity contribution < 1.29 is 14.3 Å². The van der Waals surface area contributed by atoms with Crippen LogP contribution in [0.3, 0.4) is 0 Å². The molecule has 0 saturated heterocycles. The quantitative estimate of drug-likeness (QED) is 0.706. The number of ether oxygens (including phenoxy) is 1. The highest BCUT2D eigenvalue weighted by molar-refractivity contribution is 6.05. The fourth-order valence-corrected chi connectivity index (χ4v) is 3.52. The predicted octanol–water partition coefficient (Wildman–Crippen LogP) is 4.43. The Morgan fingerprint density at radius 1 is 1.00 bits per heavy atom. The van der Waals surface area contributed by atoms with Gasteiger partial charge in [-0.2, -0.15) is 0 Å². The average Bonchev–Trinajstić information content (AvgIpc) is 2.76. The van der Waals surface area contributed by atoms with E-state index in [0.717, 1.165) is 22.5 Å². The molecule has 3 aromatic carbocycles. The number of carbonyl (C=O) groups excluding carboxylic acids is 2. The molecule has 1 heterocycles. The van der Waals surface area contributed by atoms with Gasteiger partial charge < -0.3 is 15.0 Å². The van der Waals surface area contributed by atoms with E-state index in [4.69, 9.17) is 4.74 Å². The molecule has 0 bridgehead atoms. The van der Waals surface area contributed by atoms with Crippen LogP contribution in [0.15, 0.2) is 72.8 Å². The van der Waals surface area contributed by atoms with Gasteiger partial charge in [0.2, 0.25) is 5.91 Å². The van der Waals surface area contributed by atoms with Gasteiger partial charge in [0, 0.05) is 23.4 Å². The van der Waals surface area contributed by atoms with Gasteiger partial charge in [0.05, 0.1) is 13.7 Å². The molecule has 5 nitrogen and oxygen atoms in total. The Hall–Kier alpha value is -3.60. The number of nitrogens with one attached hydrogen (secondary N) is 1. The lowest BCUT2D eigenvalue weighted by atomic mass is 9.99. The maximum Gasteiger partial charge on any atom is 0.255 e. The van der Waals surface area contributed by atoms with Gasteiger partial charge in [-0.15, -0.1) is 0 Å². The van der Waals surface area contributed by atoms with Crippen LogP contribution in [0.1, 0.15) is 27.9 Å². The van der Waals surface area contributed by atoms with Crippen molar-refractivity contribution in [2.24, 2.45) is 0 Å². The molecule has 0 spiro atoms. The topological polar surface area (TPSA) is 58.6 Å². The van der Waals surface area contributed by atoms with Crippen molar-refractivity contribution in [3.63, 3.8) is 0 Å². The maximum absolute atomic E-state index is 12.5. The molecule has 2 amide bonds. The van der Waals surface area contributed by atoms with Gasteiger partial charge >= 0.3 is 0 Å². The summed E-state index contributed by atoms with van der Waals surface area (Å²) in [6.45, 7) is 0.546. The highest BCUT2D eigenvalue weighted by atomic mass is 16.5. The number of benzene rings is 3. The second-order valence-electron chi connectivity index (χ2n) is 6.99. The number of fused-ring (bicyclic) bond motifs is 1. The Labute approximate surface area is 169 Å². The van der Waals surface area contributed by atoms with E-state index in [1.165, 1.54) is 0 Å². The normalized spacial score (nSPS) is 13.0. The van der Waals surface area contributed by atoms with Crippen molar-refractivity contribution >= 4 is 23.2 Å². The molecule has 1 aliphatic heterocycles. The maximum atomic E-state index is 12.5. The SMILES string of the molecule is COc1ccc(C(=O)Nc2ccc3c(c2)CCC(=O)N3Cc2ccccc2)cc1. The van der Waals surface area contributed by atoms with Crippen molar-refractivity contribution in [1.82, 2.24) is 0 Å². The largest absolute Gasteiger partial charge is 0.497 e. The van der Waals surface area contributed by atoms with Crippen LogP contribution >= 0.6 is 0 Å². The summed E-state index contributed by atoms with van der Waals surface area (Å²) in [5.41, 5.74) is 4.34. The molecular weight excluding hydrogens is 364 g/mol. The second kappa shape index (κ2) is 8.19. The average molecular weight is 386 g/mol. The third-order valence-corrected chi connectivity index (χ3v) is 5.07. The number of hydrogen-bond acceptors (Lipinski definition) is 3. The summed E-state index contributed by atoms with van der Waals surface area (Å²) in [5.74, 6) is 0.649. The lowest BCUT2D eigenvalue weighted by Crippen LogP contribution is -2.34. The molecule has 3 aromatic rings. The first-order chi connectivity index (χ1) is 14.1. The number of anilines is 2. The van der Waals surface area contributed by atoms with Crippen molar-refractivity contribution in [2.45, 2.75) is 19.4 Å². The molecule has 0 atom stereocenters. The van der Waals surface area contributed by atoms with Crippen molar-refractivity contribution in [3.8, 4) is 5.75 Å². The van der Waals surface area contributed by atoms with E-state index in [0.29, 0.717) is 30.7 Å². The number of amides is 2. The molecule has 29 heavy (non-hydrogen) atoms. The molecule has 0 aliphatic carbocycles. The molecular formula is C24H22N2O3. The number of aryl methyl sites for hydroxylation is 1. The van der Waals surface area contributed by atoms with Gasteiger partial charge in [-0.1, -0.05) is 30.3 Å². The van der Waals surface area contributed by atoms with Crippen LogP contribution in [0.4, 0.5) is 11.4 Å². The van der Waals surface area contributed by atoms with Crippen LogP contribution in [0.2, 0.25) is 0 Å². The zero-order valence-electron chi connectivity index (χ0n) is 16.2. The molecule has 0 radical (unpaired) electrons. The lowest BCUT2D eigenvalue weighted by molar-refractivity contribution is -0.119. The van der Waals surface area contributed by atoms with Crippen LogP contribution in [0, 0.1) is 0 Å². The Morgan fingerprint density at radius 2 is 1.76 bits per heavy atom. The van der Waals surface area contributed by atoms with Gasteiger partial charge in [-0.05, 0) is 60.0 Å². The smallest absolute Gasteiger partial charge is 0.255 e. The van der Waals surface area contributed by atoms with Gasteiger partial charge in [0.15, 0.2) is 0 Å². The molecule has 0 saturated carbocycles. The molecule has 0 aromatic heterocycles. The van der Waals surface area contributed by atoms with Crippen LogP contribution in [0.5, 0.6) is 5.75 Å². The van der Waals surface area contributed by atoms with E-state index < -0.39 is 0 Å². The van der Waals surface area contributed by atoms with E-state index in [1.54, 1.807) is 31.4 Å². The lowest BCUT2D eigenvalue weighted by Gasteiger charge is -2.30. The number of methoxy groups -OCH3 is 1. The molecule has 0 fully saturated rings. The Morgan fingerprint density at radius 3 is 2.48 bits per heavy atom. The highest BCUT2D eigenvalue weighted by Gasteiger charge is 2.24. The first kappa shape index (κ1) is 18.7. The van der Waals surface area contributed by atoms with E-state index in [9.17, 15) is 9.59 Å². The number of rotatable bonds is 5. The Balaban J connectivity index is 1.53. The summed E-state index contributed by atoms with van der Waals surface area (Å²) < 4.78 is 5.13. The molecule has 146 valence electrons. The van der Waals surface area contributed by atoms with Crippen molar-refractivity contribution in [1.29, 1.82) is 0 Å². The first-order valence-electron chi connectivity index (χ1n) is 9.56. The summed E-state index contributed by atoms with van der Waals surface area (Å²) in [6, 6.07) is 22.6. The van der Waals surface area contributed by atoms with Gasteiger partial charge in [0.1, 0.15) is 5.75 Å². The van der Waals surface area contributed by atoms with Crippen LogP contribution in [-0.2, 0) is 17.8 Å². The third-order valence-electron chi connectivity index (χ3n) is 5.07. The summed E-state index contributed by atoms with van der Waals surface area (Å²) in [4.78, 5) is 26.9. The van der Waals surface area contributed by atoms with Crippen molar-refractivity contribution in [3.05, 3.63) is 89.5 Å². The Kier molecular flexibility index (Phi) is 5.29.